The van der Waals surface area contributed by atoms with Crippen LogP contribution in [-0.4, -0.2) is 17.3 Å². The lowest BCUT2D eigenvalue weighted by molar-refractivity contribution is 0.0907. The average molecular weight is 196 g/mol. The van der Waals surface area contributed by atoms with Gasteiger partial charge in [0.05, 0.1) is 0 Å². The molecule has 14 heavy (non-hydrogen) atoms. The van der Waals surface area contributed by atoms with E-state index in [1.54, 1.807) is 30.3 Å². The summed E-state index contributed by atoms with van der Waals surface area (Å²) in [6.07, 6.45) is -2.33. The normalized spacial score (nSPS) is 8.86. The van der Waals surface area contributed by atoms with Crippen molar-refractivity contribution in [1.82, 2.24) is 5.48 Å². The van der Waals surface area contributed by atoms with Gasteiger partial charge in [-0.1, -0.05) is 18.2 Å². The summed E-state index contributed by atoms with van der Waals surface area (Å²) in [4.78, 5) is 24.9. The summed E-state index contributed by atoms with van der Waals surface area (Å²) in [5.41, 5.74) is 1.99. The lowest BCUT2D eigenvalue weighted by Crippen LogP contribution is -2.28. The molecule has 1 aromatic rings. The van der Waals surface area contributed by atoms with Crippen molar-refractivity contribution in [1.29, 1.82) is 0 Å². The Hall–Kier alpha value is -2.24. The molecule has 0 aliphatic heterocycles. The molecule has 3 N–H and O–H groups in total. The van der Waals surface area contributed by atoms with Crippen LogP contribution in [-0.2, 0) is 4.84 Å². The average Bonchev–Trinajstić information content (AvgIpc) is 2.16. The van der Waals surface area contributed by atoms with Crippen molar-refractivity contribution in [2.75, 3.05) is 5.32 Å². The number of hydrogen-bond donors (Lipinski definition) is 3. The fourth-order valence-electron chi connectivity index (χ4n) is 0.755. The fraction of sp³-hybridized carbons (Fsp3) is 0. The number of hydroxylamine groups is 1. The predicted molar refractivity (Wildman–Crippen MR) is 47.7 cm³/mol. The van der Waals surface area contributed by atoms with E-state index in [4.69, 9.17) is 5.11 Å². The highest BCUT2D eigenvalue weighted by Gasteiger charge is 2.04. The number of carbonyl (C=O) groups excluding carboxylic acids is 1. The Morgan fingerprint density at radius 2 is 1.86 bits per heavy atom. The molecular formula is C8H8N2O4. The Morgan fingerprint density at radius 1 is 1.21 bits per heavy atom. The van der Waals surface area contributed by atoms with Crippen LogP contribution in [0.25, 0.3) is 0 Å². The van der Waals surface area contributed by atoms with Gasteiger partial charge in [0.15, 0.2) is 0 Å². The molecule has 0 spiro atoms. The molecule has 1 rings (SSSR count). The molecule has 0 aromatic heterocycles. The van der Waals surface area contributed by atoms with Crippen LogP contribution in [0.2, 0.25) is 0 Å². The maximum atomic E-state index is 10.9. The third-order valence-electron chi connectivity index (χ3n) is 1.25. The summed E-state index contributed by atoms with van der Waals surface area (Å²) >= 11 is 0. The van der Waals surface area contributed by atoms with Gasteiger partial charge in [-0.15, -0.1) is 5.48 Å². The van der Waals surface area contributed by atoms with E-state index in [0.717, 1.165) is 0 Å². The van der Waals surface area contributed by atoms with Gasteiger partial charge in [0, 0.05) is 5.69 Å². The Bertz CT molecular complexity index is 325. The lowest BCUT2D eigenvalue weighted by Gasteiger charge is -2.04. The Morgan fingerprint density at radius 3 is 2.43 bits per heavy atom. The standard InChI is InChI=1S/C8H8N2O4/c11-7(12)10-14-8(13)9-6-4-2-1-3-5-6/h1-5,10H,(H,9,13)(H,11,12). The van der Waals surface area contributed by atoms with Crippen LogP contribution in [0.15, 0.2) is 30.3 Å². The first-order valence-electron chi connectivity index (χ1n) is 3.70. The maximum Gasteiger partial charge on any atom is 0.438 e. The van der Waals surface area contributed by atoms with Crippen molar-refractivity contribution in [2.45, 2.75) is 0 Å². The fourth-order valence-corrected chi connectivity index (χ4v) is 0.755. The van der Waals surface area contributed by atoms with Crippen molar-refractivity contribution in [2.24, 2.45) is 0 Å². The first-order chi connectivity index (χ1) is 6.68. The predicted octanol–water partition coefficient (Wildman–Crippen LogP) is 1.42. The zero-order valence-corrected chi connectivity index (χ0v) is 7.06. The van der Waals surface area contributed by atoms with Crippen molar-refractivity contribution >= 4 is 17.9 Å². The monoisotopic (exact) mass is 196 g/mol. The van der Waals surface area contributed by atoms with Gasteiger partial charge in [0.2, 0.25) is 0 Å². The summed E-state index contributed by atoms with van der Waals surface area (Å²) in [5.74, 6) is 0. The van der Waals surface area contributed by atoms with Crippen LogP contribution >= 0.6 is 0 Å². The van der Waals surface area contributed by atoms with Gasteiger partial charge < -0.3 is 9.94 Å². The van der Waals surface area contributed by atoms with Gasteiger partial charge in [-0.3, -0.25) is 5.32 Å². The highest BCUT2D eigenvalue weighted by molar-refractivity contribution is 5.85. The topological polar surface area (TPSA) is 87.7 Å². The SMILES string of the molecule is O=C(O)NOC(=O)Nc1ccccc1. The maximum absolute atomic E-state index is 10.9. The number of anilines is 1. The van der Waals surface area contributed by atoms with E-state index >= 15 is 0 Å². The molecule has 0 saturated carbocycles. The molecule has 2 amide bonds. The van der Waals surface area contributed by atoms with E-state index in [9.17, 15) is 9.59 Å². The van der Waals surface area contributed by atoms with Crippen molar-refractivity contribution < 1.29 is 19.5 Å². The molecule has 0 radical (unpaired) electrons. The zero-order chi connectivity index (χ0) is 10.4. The van der Waals surface area contributed by atoms with Gasteiger partial charge in [-0.25, -0.2) is 9.59 Å². The number of hydrogen-bond acceptors (Lipinski definition) is 3. The lowest BCUT2D eigenvalue weighted by atomic mass is 10.3. The first kappa shape index (κ1) is 9.85. The van der Waals surface area contributed by atoms with Crippen LogP contribution < -0.4 is 10.8 Å². The van der Waals surface area contributed by atoms with Gasteiger partial charge in [0.25, 0.3) is 0 Å². The first-order valence-corrected chi connectivity index (χ1v) is 3.70. The van der Waals surface area contributed by atoms with E-state index in [1.165, 1.54) is 5.48 Å². The molecule has 0 heterocycles. The van der Waals surface area contributed by atoms with E-state index in [0.29, 0.717) is 5.69 Å². The molecule has 6 nitrogen and oxygen atoms in total. The molecular weight excluding hydrogens is 188 g/mol. The number of amides is 2. The minimum absolute atomic E-state index is 0.518. The molecule has 74 valence electrons. The number of para-hydroxylation sites is 1. The van der Waals surface area contributed by atoms with E-state index < -0.39 is 12.2 Å². The van der Waals surface area contributed by atoms with Crippen LogP contribution in [0.3, 0.4) is 0 Å². The number of rotatable bonds is 1. The highest BCUT2D eigenvalue weighted by Crippen LogP contribution is 2.04. The summed E-state index contributed by atoms with van der Waals surface area (Å²) in [6.45, 7) is 0. The third-order valence-corrected chi connectivity index (χ3v) is 1.25. The number of carboxylic acid groups (broad SMARTS) is 1. The third kappa shape index (κ3) is 3.44. The second-order valence-electron chi connectivity index (χ2n) is 2.29. The van der Waals surface area contributed by atoms with Crippen molar-refractivity contribution in [3.05, 3.63) is 30.3 Å². The minimum Gasteiger partial charge on any atom is -0.463 e. The number of benzene rings is 1. The summed E-state index contributed by atoms with van der Waals surface area (Å²) in [5, 5.41) is 10.4. The van der Waals surface area contributed by atoms with E-state index in [-0.39, 0.29) is 0 Å². The molecule has 0 fully saturated rings. The van der Waals surface area contributed by atoms with Crippen LogP contribution in [0.4, 0.5) is 15.3 Å². The van der Waals surface area contributed by atoms with Gasteiger partial charge in [0.1, 0.15) is 0 Å². The number of carbonyl (C=O) groups is 2. The molecule has 1 aromatic carbocycles. The molecule has 0 aliphatic carbocycles. The van der Waals surface area contributed by atoms with Gasteiger partial charge >= 0.3 is 12.2 Å². The Kier molecular flexibility index (Phi) is 3.31. The molecule has 0 unspecified atom stereocenters. The van der Waals surface area contributed by atoms with Gasteiger partial charge in [-0.2, -0.15) is 0 Å². The van der Waals surface area contributed by atoms with Crippen LogP contribution in [0, 0.1) is 0 Å². The second kappa shape index (κ2) is 4.70. The minimum atomic E-state index is -1.44. The second-order valence-corrected chi connectivity index (χ2v) is 2.29. The largest absolute Gasteiger partial charge is 0.463 e. The molecule has 0 aliphatic rings. The summed E-state index contributed by atoms with van der Waals surface area (Å²) in [7, 11) is 0. The quantitative estimate of drug-likeness (QED) is 0.592. The smallest absolute Gasteiger partial charge is 0.438 e. The van der Waals surface area contributed by atoms with E-state index in [2.05, 4.69) is 10.2 Å². The van der Waals surface area contributed by atoms with E-state index in [1.807, 2.05) is 0 Å². The summed E-state index contributed by atoms with van der Waals surface area (Å²) < 4.78 is 0. The molecule has 0 saturated heterocycles. The molecule has 0 atom stereocenters. The van der Waals surface area contributed by atoms with Gasteiger partial charge in [-0.05, 0) is 12.1 Å². The highest BCUT2D eigenvalue weighted by atomic mass is 16.7. The van der Waals surface area contributed by atoms with Crippen molar-refractivity contribution in [3.63, 3.8) is 0 Å². The van der Waals surface area contributed by atoms with Crippen molar-refractivity contribution in [3.8, 4) is 0 Å². The molecule has 0 bridgehead atoms. The van der Waals surface area contributed by atoms with Crippen LogP contribution in [0.1, 0.15) is 0 Å². The summed E-state index contributed by atoms with van der Waals surface area (Å²) in [6, 6.07) is 8.51. The zero-order valence-electron chi connectivity index (χ0n) is 7.06. The number of nitrogens with one attached hydrogen (secondary N) is 2. The molecule has 6 heteroatoms. The van der Waals surface area contributed by atoms with Crippen LogP contribution in [0.5, 0.6) is 0 Å². The Balaban J connectivity index is 2.38. The Labute approximate surface area is 79.4 Å².